The van der Waals surface area contributed by atoms with Crippen molar-refractivity contribution in [3.8, 4) is 5.75 Å². The molecule has 3 heterocycles. The number of hydrogen-bond donors (Lipinski definition) is 2. The zero-order valence-corrected chi connectivity index (χ0v) is 15.6. The number of H-pyrrole nitrogens is 1. The molecular formula is C19H20ClN5O2. The lowest BCUT2D eigenvalue weighted by Crippen LogP contribution is -2.23. The van der Waals surface area contributed by atoms with Crippen LogP contribution in [0.3, 0.4) is 0 Å². The van der Waals surface area contributed by atoms with Crippen LogP contribution in [-0.2, 0) is 6.54 Å². The highest BCUT2D eigenvalue weighted by Crippen LogP contribution is 2.33. The Labute approximate surface area is 161 Å². The molecule has 1 aliphatic heterocycles. The summed E-state index contributed by atoms with van der Waals surface area (Å²) in [5.74, 6) is 1.33. The van der Waals surface area contributed by atoms with Crippen molar-refractivity contribution in [2.45, 2.75) is 31.8 Å². The molecule has 8 heteroatoms. The fourth-order valence-corrected chi connectivity index (χ4v) is 3.42. The minimum absolute atomic E-state index is 0.00536. The second-order valence-electron chi connectivity index (χ2n) is 6.67. The van der Waals surface area contributed by atoms with Gasteiger partial charge in [-0.2, -0.15) is 5.10 Å². The zero-order valence-electron chi connectivity index (χ0n) is 14.9. The molecule has 0 radical (unpaired) electrons. The second kappa shape index (κ2) is 7.44. The van der Waals surface area contributed by atoms with Crippen molar-refractivity contribution in [2.24, 2.45) is 0 Å². The van der Waals surface area contributed by atoms with Crippen molar-refractivity contribution in [1.29, 1.82) is 0 Å². The fraction of sp³-hybridized carbons (Fsp3) is 0.316. The van der Waals surface area contributed by atoms with E-state index in [0.717, 1.165) is 17.7 Å². The molecule has 0 fully saturated rings. The molecule has 3 aromatic rings. The van der Waals surface area contributed by atoms with Gasteiger partial charge in [0.25, 0.3) is 5.56 Å². The number of aromatic amines is 1. The van der Waals surface area contributed by atoms with Crippen LogP contribution >= 0.6 is 11.6 Å². The van der Waals surface area contributed by atoms with Crippen LogP contribution in [0.25, 0.3) is 0 Å². The highest BCUT2D eigenvalue weighted by molar-refractivity contribution is 6.30. The number of para-hydroxylation sites is 1. The molecule has 0 saturated carbocycles. The summed E-state index contributed by atoms with van der Waals surface area (Å²) < 4.78 is 7.44. The first-order chi connectivity index (χ1) is 13.1. The molecule has 0 bridgehead atoms. The summed E-state index contributed by atoms with van der Waals surface area (Å²) in [5, 5.41) is 8.12. The van der Waals surface area contributed by atoms with Crippen LogP contribution in [0.1, 0.15) is 36.6 Å². The molecule has 2 aromatic heterocycles. The van der Waals surface area contributed by atoms with Gasteiger partial charge in [-0.15, -0.1) is 0 Å². The first kappa shape index (κ1) is 17.6. The number of benzene rings is 1. The number of hydrogen-bond acceptors (Lipinski definition) is 5. The van der Waals surface area contributed by atoms with E-state index in [9.17, 15) is 4.79 Å². The molecule has 1 aromatic carbocycles. The van der Waals surface area contributed by atoms with E-state index >= 15 is 0 Å². The van der Waals surface area contributed by atoms with E-state index in [1.54, 1.807) is 17.1 Å². The summed E-state index contributed by atoms with van der Waals surface area (Å²) in [5.41, 5.74) is 1.58. The third-order valence-corrected chi connectivity index (χ3v) is 4.79. The summed E-state index contributed by atoms with van der Waals surface area (Å²) in [6, 6.07) is 9.47. The maximum Gasteiger partial charge on any atom is 0.252 e. The van der Waals surface area contributed by atoms with Crippen LogP contribution < -0.4 is 15.6 Å². The topological polar surface area (TPSA) is 84.8 Å². The third-order valence-electron chi connectivity index (χ3n) is 4.60. The van der Waals surface area contributed by atoms with Crippen molar-refractivity contribution in [3.63, 3.8) is 0 Å². The number of rotatable bonds is 5. The fourth-order valence-electron chi connectivity index (χ4n) is 3.27. The van der Waals surface area contributed by atoms with Gasteiger partial charge < -0.3 is 10.1 Å². The van der Waals surface area contributed by atoms with E-state index in [2.05, 4.69) is 20.4 Å². The number of anilines is 1. The van der Waals surface area contributed by atoms with Gasteiger partial charge in [-0.05, 0) is 6.07 Å². The van der Waals surface area contributed by atoms with Crippen LogP contribution in [0, 0.1) is 0 Å². The Morgan fingerprint density at radius 3 is 3.11 bits per heavy atom. The number of ether oxygens (including phenoxy) is 1. The minimum atomic E-state index is -0.187. The number of aromatic nitrogens is 4. The number of nitrogens with zero attached hydrogens (tertiary/aromatic N) is 3. The van der Waals surface area contributed by atoms with Crippen molar-refractivity contribution < 1.29 is 4.74 Å². The van der Waals surface area contributed by atoms with Gasteiger partial charge in [0, 0.05) is 36.7 Å². The summed E-state index contributed by atoms with van der Waals surface area (Å²) in [6.45, 7) is 3.21. The third kappa shape index (κ3) is 3.98. The van der Waals surface area contributed by atoms with Crippen LogP contribution in [0.5, 0.6) is 5.75 Å². The Bertz CT molecular complexity index is 1000. The number of fused-ring (bicyclic) bond motifs is 1. The van der Waals surface area contributed by atoms with Gasteiger partial charge in [0.1, 0.15) is 5.75 Å². The first-order valence-corrected chi connectivity index (χ1v) is 9.24. The van der Waals surface area contributed by atoms with E-state index in [-0.39, 0.29) is 17.5 Å². The van der Waals surface area contributed by atoms with Gasteiger partial charge in [0.2, 0.25) is 5.95 Å². The van der Waals surface area contributed by atoms with Gasteiger partial charge >= 0.3 is 0 Å². The molecule has 7 nitrogen and oxygen atoms in total. The van der Waals surface area contributed by atoms with Gasteiger partial charge in [0.05, 0.1) is 29.6 Å². The Balaban J connectivity index is 1.55. The van der Waals surface area contributed by atoms with Crippen molar-refractivity contribution >= 4 is 17.5 Å². The molecule has 27 heavy (non-hydrogen) atoms. The smallest absolute Gasteiger partial charge is 0.252 e. The minimum Gasteiger partial charge on any atom is -0.493 e. The normalized spacial score (nSPS) is 17.0. The quantitative estimate of drug-likeness (QED) is 0.703. The van der Waals surface area contributed by atoms with Crippen LogP contribution in [-0.4, -0.2) is 26.4 Å². The lowest BCUT2D eigenvalue weighted by atomic mass is 10.0. The Kier molecular flexibility index (Phi) is 4.85. The number of halogens is 1. The Morgan fingerprint density at radius 2 is 2.30 bits per heavy atom. The van der Waals surface area contributed by atoms with E-state index in [0.29, 0.717) is 29.8 Å². The highest BCUT2D eigenvalue weighted by Gasteiger charge is 2.22. The molecule has 2 atom stereocenters. The molecule has 2 unspecified atom stereocenters. The zero-order chi connectivity index (χ0) is 18.8. The van der Waals surface area contributed by atoms with E-state index in [1.807, 2.05) is 31.2 Å². The molecule has 0 saturated heterocycles. The summed E-state index contributed by atoms with van der Waals surface area (Å²) in [7, 11) is 0. The lowest BCUT2D eigenvalue weighted by Gasteiger charge is -2.27. The van der Waals surface area contributed by atoms with Crippen LogP contribution in [0.15, 0.2) is 47.5 Å². The second-order valence-corrected chi connectivity index (χ2v) is 7.11. The van der Waals surface area contributed by atoms with E-state index < -0.39 is 0 Å². The standard InChI is InChI=1S/C19H20ClN5O2/c1-12(10-25-11-13(20)9-21-25)16-8-18(26)24-19(23-16)22-15-6-7-27-17-5-3-2-4-14(15)17/h2-5,8-9,11-12,15H,6-7,10H2,1H3,(H2,22,23,24,26). The highest BCUT2D eigenvalue weighted by atomic mass is 35.5. The SMILES string of the molecule is CC(Cn1cc(Cl)cn1)c1cc(=O)[nH]c(NC2CCOc3ccccc32)n1. The summed E-state index contributed by atoms with van der Waals surface area (Å²) >= 11 is 5.92. The van der Waals surface area contributed by atoms with Crippen molar-refractivity contribution in [3.05, 3.63) is 69.4 Å². The van der Waals surface area contributed by atoms with Crippen molar-refractivity contribution in [1.82, 2.24) is 19.7 Å². The molecule has 0 aliphatic carbocycles. The first-order valence-electron chi connectivity index (χ1n) is 8.86. The Hall–Kier alpha value is -2.80. The molecule has 140 valence electrons. The van der Waals surface area contributed by atoms with Gasteiger partial charge in [0.15, 0.2) is 0 Å². The molecule has 2 N–H and O–H groups in total. The van der Waals surface area contributed by atoms with Gasteiger partial charge in [-0.1, -0.05) is 36.7 Å². The largest absolute Gasteiger partial charge is 0.493 e. The van der Waals surface area contributed by atoms with Crippen LogP contribution in [0.4, 0.5) is 5.95 Å². The average molecular weight is 386 g/mol. The van der Waals surface area contributed by atoms with Gasteiger partial charge in [-0.3, -0.25) is 14.5 Å². The average Bonchev–Trinajstić information content (AvgIpc) is 3.06. The molecule has 0 amide bonds. The lowest BCUT2D eigenvalue weighted by molar-refractivity contribution is 0.274. The maximum atomic E-state index is 12.2. The molecule has 0 spiro atoms. The van der Waals surface area contributed by atoms with E-state index in [1.165, 1.54) is 6.07 Å². The number of nitrogens with one attached hydrogen (secondary N) is 2. The molecule has 4 rings (SSSR count). The van der Waals surface area contributed by atoms with E-state index in [4.69, 9.17) is 16.3 Å². The summed E-state index contributed by atoms with van der Waals surface area (Å²) in [6.07, 6.45) is 4.14. The predicted octanol–water partition coefficient (Wildman–Crippen LogP) is 3.36. The monoisotopic (exact) mass is 385 g/mol. The predicted molar refractivity (Wildman–Crippen MR) is 103 cm³/mol. The Morgan fingerprint density at radius 1 is 1.44 bits per heavy atom. The van der Waals surface area contributed by atoms with Crippen molar-refractivity contribution in [2.75, 3.05) is 11.9 Å². The van der Waals surface area contributed by atoms with Crippen LogP contribution in [0.2, 0.25) is 5.02 Å². The summed E-state index contributed by atoms with van der Waals surface area (Å²) in [4.78, 5) is 19.6. The maximum absolute atomic E-state index is 12.2. The molecule has 1 aliphatic rings. The van der Waals surface area contributed by atoms with Gasteiger partial charge in [-0.25, -0.2) is 4.98 Å². The molecular weight excluding hydrogens is 366 g/mol.